The Kier molecular flexibility index (Phi) is 4.31. The Hall–Kier alpha value is -0.700. The van der Waals surface area contributed by atoms with Crippen LogP contribution in [0.25, 0.3) is 0 Å². The third-order valence-corrected chi connectivity index (χ3v) is 5.10. The number of alkyl halides is 1. The number of hydrogen-bond donors (Lipinski definition) is 0. The molecular weight excluding hydrogens is 304 g/mol. The molecule has 3 rings (SSSR count). The van der Waals surface area contributed by atoms with Crippen molar-refractivity contribution in [2.45, 2.75) is 43.4 Å². The van der Waals surface area contributed by atoms with Crippen molar-refractivity contribution in [1.29, 1.82) is 0 Å². The average molecular weight is 325 g/mol. The molecule has 19 heavy (non-hydrogen) atoms. The molecule has 2 nitrogen and oxygen atoms in total. The van der Waals surface area contributed by atoms with Crippen LogP contribution in [0.2, 0.25) is 0 Å². The Morgan fingerprint density at radius 2 is 1.79 bits per heavy atom. The molecule has 3 heteroatoms. The van der Waals surface area contributed by atoms with E-state index in [1.54, 1.807) is 0 Å². The van der Waals surface area contributed by atoms with Gasteiger partial charge < -0.3 is 9.47 Å². The molecule has 0 N–H and O–H groups in total. The first-order chi connectivity index (χ1) is 9.33. The smallest absolute Gasteiger partial charge is 0.161 e. The highest BCUT2D eigenvalue weighted by molar-refractivity contribution is 9.09. The first-order valence-corrected chi connectivity index (χ1v) is 8.28. The van der Waals surface area contributed by atoms with Crippen LogP contribution in [0.5, 0.6) is 11.5 Å². The zero-order valence-corrected chi connectivity index (χ0v) is 12.8. The molecule has 1 aromatic carbocycles. The van der Waals surface area contributed by atoms with E-state index in [1.807, 2.05) is 6.07 Å². The minimum Gasteiger partial charge on any atom is -0.486 e. The molecule has 1 aromatic rings. The molecule has 1 heterocycles. The topological polar surface area (TPSA) is 18.5 Å². The van der Waals surface area contributed by atoms with Crippen LogP contribution in [-0.2, 0) is 0 Å². The second kappa shape index (κ2) is 6.17. The molecule has 1 aliphatic heterocycles. The van der Waals surface area contributed by atoms with Crippen LogP contribution in [0.1, 0.15) is 48.9 Å². The van der Waals surface area contributed by atoms with Crippen molar-refractivity contribution in [3.63, 3.8) is 0 Å². The Morgan fingerprint density at radius 1 is 1.05 bits per heavy atom. The fraction of sp³-hybridized carbons (Fsp3) is 0.625. The molecule has 2 aliphatic rings. The number of ether oxygens (including phenoxy) is 2. The molecule has 1 fully saturated rings. The molecular formula is C16H21BrO2. The van der Waals surface area contributed by atoms with Gasteiger partial charge in [-0.05, 0) is 30.0 Å². The summed E-state index contributed by atoms with van der Waals surface area (Å²) in [4.78, 5) is 0.437. The summed E-state index contributed by atoms with van der Waals surface area (Å²) in [6, 6.07) is 6.34. The van der Waals surface area contributed by atoms with E-state index in [0.29, 0.717) is 18.0 Å². The number of rotatable bonds is 3. The molecule has 1 saturated carbocycles. The largest absolute Gasteiger partial charge is 0.486 e. The Balaban J connectivity index is 1.67. The normalized spacial score (nSPS) is 21.1. The van der Waals surface area contributed by atoms with Crippen molar-refractivity contribution < 1.29 is 9.47 Å². The third kappa shape index (κ3) is 3.25. The van der Waals surface area contributed by atoms with Crippen LogP contribution >= 0.6 is 15.9 Å². The van der Waals surface area contributed by atoms with Gasteiger partial charge in [-0.1, -0.05) is 54.1 Å². The van der Waals surface area contributed by atoms with Crippen molar-refractivity contribution in [2.75, 3.05) is 13.2 Å². The van der Waals surface area contributed by atoms with E-state index >= 15 is 0 Å². The lowest BCUT2D eigenvalue weighted by Gasteiger charge is -2.25. The molecule has 0 radical (unpaired) electrons. The van der Waals surface area contributed by atoms with E-state index < -0.39 is 0 Å². The van der Waals surface area contributed by atoms with Crippen molar-refractivity contribution in [2.24, 2.45) is 5.92 Å². The Bertz CT molecular complexity index is 427. The van der Waals surface area contributed by atoms with E-state index in [1.165, 1.54) is 44.1 Å². The monoisotopic (exact) mass is 324 g/mol. The molecule has 1 aliphatic carbocycles. The van der Waals surface area contributed by atoms with Crippen molar-refractivity contribution in [1.82, 2.24) is 0 Å². The van der Waals surface area contributed by atoms with Gasteiger partial charge in [-0.2, -0.15) is 0 Å². The fourth-order valence-corrected chi connectivity index (χ4v) is 3.92. The van der Waals surface area contributed by atoms with E-state index in [2.05, 4.69) is 28.1 Å². The van der Waals surface area contributed by atoms with Crippen molar-refractivity contribution >= 4 is 15.9 Å². The zero-order chi connectivity index (χ0) is 13.1. The van der Waals surface area contributed by atoms with Crippen LogP contribution in [0, 0.1) is 5.92 Å². The second-order valence-corrected chi connectivity index (χ2v) is 6.72. The third-order valence-electron chi connectivity index (χ3n) is 4.19. The number of fused-ring (bicyclic) bond motifs is 1. The van der Waals surface area contributed by atoms with Gasteiger partial charge in [-0.25, -0.2) is 0 Å². The predicted molar refractivity (Wildman–Crippen MR) is 80.3 cm³/mol. The van der Waals surface area contributed by atoms with Gasteiger partial charge in [0.05, 0.1) is 0 Å². The maximum absolute atomic E-state index is 5.66. The fourth-order valence-electron chi connectivity index (χ4n) is 3.11. The highest BCUT2D eigenvalue weighted by atomic mass is 79.9. The summed E-state index contributed by atoms with van der Waals surface area (Å²) in [5.74, 6) is 2.66. The van der Waals surface area contributed by atoms with Crippen LogP contribution in [0.15, 0.2) is 18.2 Å². The maximum Gasteiger partial charge on any atom is 0.161 e. The van der Waals surface area contributed by atoms with E-state index in [9.17, 15) is 0 Å². The number of hydrogen-bond acceptors (Lipinski definition) is 2. The van der Waals surface area contributed by atoms with E-state index in [0.717, 1.165) is 17.4 Å². The van der Waals surface area contributed by atoms with Crippen LogP contribution in [-0.4, -0.2) is 13.2 Å². The summed E-state index contributed by atoms with van der Waals surface area (Å²) in [5, 5.41) is 0. The molecule has 104 valence electrons. The first-order valence-electron chi connectivity index (χ1n) is 7.36. The molecule has 0 bridgehead atoms. The van der Waals surface area contributed by atoms with Crippen LogP contribution in [0.3, 0.4) is 0 Å². The molecule has 0 aromatic heterocycles. The van der Waals surface area contributed by atoms with Gasteiger partial charge in [-0.3, -0.25) is 0 Å². The molecule has 0 spiro atoms. The molecule has 0 amide bonds. The second-order valence-electron chi connectivity index (χ2n) is 5.61. The highest BCUT2D eigenvalue weighted by Crippen LogP contribution is 2.39. The average Bonchev–Trinajstić information content (AvgIpc) is 2.48. The van der Waals surface area contributed by atoms with Gasteiger partial charge in [0, 0.05) is 4.83 Å². The minimum absolute atomic E-state index is 0.437. The zero-order valence-electron chi connectivity index (χ0n) is 11.2. The Morgan fingerprint density at radius 3 is 2.58 bits per heavy atom. The summed E-state index contributed by atoms with van der Waals surface area (Å²) in [7, 11) is 0. The quantitative estimate of drug-likeness (QED) is 0.739. The van der Waals surface area contributed by atoms with Gasteiger partial charge in [0.15, 0.2) is 11.5 Å². The summed E-state index contributed by atoms with van der Waals surface area (Å²) < 4.78 is 11.2. The molecule has 1 unspecified atom stereocenters. The van der Waals surface area contributed by atoms with Crippen molar-refractivity contribution in [3.8, 4) is 11.5 Å². The van der Waals surface area contributed by atoms with Gasteiger partial charge >= 0.3 is 0 Å². The summed E-state index contributed by atoms with van der Waals surface area (Å²) >= 11 is 3.85. The summed E-state index contributed by atoms with van der Waals surface area (Å²) in [6.07, 6.45) is 8.27. The summed E-state index contributed by atoms with van der Waals surface area (Å²) in [5.41, 5.74) is 1.31. The lowest BCUT2D eigenvalue weighted by Crippen LogP contribution is -2.15. The van der Waals surface area contributed by atoms with Crippen LogP contribution < -0.4 is 9.47 Å². The molecule has 1 atom stereocenters. The SMILES string of the molecule is BrC(CC1CCCCC1)c1ccc2c(c1)OCCO2. The van der Waals surface area contributed by atoms with Gasteiger partial charge in [0.1, 0.15) is 13.2 Å². The number of benzene rings is 1. The standard InChI is InChI=1S/C16H21BrO2/c17-14(10-12-4-2-1-3-5-12)13-6-7-15-16(11-13)19-9-8-18-15/h6-7,11-12,14H,1-5,8-10H2. The lowest BCUT2D eigenvalue weighted by atomic mass is 9.85. The predicted octanol–water partition coefficient (Wildman–Crippen LogP) is 4.86. The van der Waals surface area contributed by atoms with Crippen molar-refractivity contribution in [3.05, 3.63) is 23.8 Å². The van der Waals surface area contributed by atoms with E-state index in [-0.39, 0.29) is 0 Å². The van der Waals surface area contributed by atoms with Gasteiger partial charge in [-0.15, -0.1) is 0 Å². The maximum atomic E-state index is 5.66. The lowest BCUT2D eigenvalue weighted by molar-refractivity contribution is 0.171. The van der Waals surface area contributed by atoms with E-state index in [4.69, 9.17) is 9.47 Å². The van der Waals surface area contributed by atoms with Crippen LogP contribution in [0.4, 0.5) is 0 Å². The summed E-state index contributed by atoms with van der Waals surface area (Å²) in [6.45, 7) is 1.32. The van der Waals surface area contributed by atoms with Gasteiger partial charge in [0.2, 0.25) is 0 Å². The Labute approximate surface area is 123 Å². The highest BCUT2D eigenvalue weighted by Gasteiger charge is 2.20. The molecule has 0 saturated heterocycles. The number of halogens is 1. The van der Waals surface area contributed by atoms with Gasteiger partial charge in [0.25, 0.3) is 0 Å². The first kappa shape index (κ1) is 13.3. The minimum atomic E-state index is 0.437.